The molecule has 0 atom stereocenters. The average Bonchev–Trinajstić information content (AvgIpc) is 2.58. The number of rotatable bonds is 7. The first-order valence-electron chi connectivity index (χ1n) is 7.06. The van der Waals surface area contributed by atoms with Crippen LogP contribution in [0.5, 0.6) is 5.75 Å². The van der Waals surface area contributed by atoms with Crippen LogP contribution < -0.4 is 10.1 Å². The lowest BCUT2D eigenvalue weighted by Gasteiger charge is -2.06. The SMILES string of the molecule is CSc1ccc(/C=C/C(=O)NCCOc2ccccc2)cc1. The van der Waals surface area contributed by atoms with Crippen molar-refractivity contribution in [3.8, 4) is 5.75 Å². The van der Waals surface area contributed by atoms with Gasteiger partial charge in [0.1, 0.15) is 12.4 Å². The van der Waals surface area contributed by atoms with E-state index in [1.165, 1.54) is 11.0 Å². The van der Waals surface area contributed by atoms with Crippen molar-refractivity contribution >= 4 is 23.7 Å². The second-order valence-electron chi connectivity index (χ2n) is 4.56. The van der Waals surface area contributed by atoms with Crippen molar-refractivity contribution in [2.75, 3.05) is 19.4 Å². The van der Waals surface area contributed by atoms with Crippen LogP contribution in [-0.2, 0) is 4.79 Å². The van der Waals surface area contributed by atoms with Crippen molar-refractivity contribution in [2.24, 2.45) is 0 Å². The molecule has 0 saturated heterocycles. The molecule has 2 rings (SSSR count). The first kappa shape index (κ1) is 16.2. The summed E-state index contributed by atoms with van der Waals surface area (Å²) in [5.41, 5.74) is 1.01. The summed E-state index contributed by atoms with van der Waals surface area (Å²) in [6, 6.07) is 17.6. The smallest absolute Gasteiger partial charge is 0.244 e. The Morgan fingerprint density at radius 1 is 1.14 bits per heavy atom. The van der Waals surface area contributed by atoms with Gasteiger partial charge in [-0.3, -0.25) is 4.79 Å². The molecule has 0 aliphatic rings. The van der Waals surface area contributed by atoms with Gasteiger partial charge in [0, 0.05) is 11.0 Å². The van der Waals surface area contributed by atoms with Crippen LogP contribution in [0.2, 0.25) is 0 Å². The van der Waals surface area contributed by atoms with E-state index in [0.717, 1.165) is 11.3 Å². The highest BCUT2D eigenvalue weighted by atomic mass is 32.2. The highest BCUT2D eigenvalue weighted by Crippen LogP contribution is 2.15. The molecule has 0 aromatic heterocycles. The molecule has 3 nitrogen and oxygen atoms in total. The number of ether oxygens (including phenoxy) is 1. The second-order valence-corrected chi connectivity index (χ2v) is 5.44. The normalized spacial score (nSPS) is 10.6. The first-order chi connectivity index (χ1) is 10.8. The van der Waals surface area contributed by atoms with Gasteiger partial charge in [0.25, 0.3) is 0 Å². The predicted molar refractivity (Wildman–Crippen MR) is 92.2 cm³/mol. The van der Waals surface area contributed by atoms with Crippen LogP contribution in [0.1, 0.15) is 5.56 Å². The zero-order valence-electron chi connectivity index (χ0n) is 12.5. The molecule has 0 spiro atoms. The molecule has 4 heteroatoms. The largest absolute Gasteiger partial charge is 0.492 e. The molecule has 2 aromatic carbocycles. The first-order valence-corrected chi connectivity index (χ1v) is 8.28. The van der Waals surface area contributed by atoms with Gasteiger partial charge in [-0.1, -0.05) is 30.3 Å². The van der Waals surface area contributed by atoms with Crippen LogP contribution in [0.15, 0.2) is 65.6 Å². The van der Waals surface area contributed by atoms with Crippen LogP contribution >= 0.6 is 11.8 Å². The highest BCUT2D eigenvalue weighted by Gasteiger charge is 1.96. The number of hydrogen-bond donors (Lipinski definition) is 1. The molecule has 0 radical (unpaired) electrons. The maximum Gasteiger partial charge on any atom is 0.244 e. The van der Waals surface area contributed by atoms with Crippen molar-refractivity contribution in [3.63, 3.8) is 0 Å². The van der Waals surface area contributed by atoms with Crippen molar-refractivity contribution in [1.29, 1.82) is 0 Å². The maximum atomic E-state index is 11.7. The topological polar surface area (TPSA) is 38.3 Å². The van der Waals surface area contributed by atoms with Gasteiger partial charge in [0.05, 0.1) is 6.54 Å². The molecular formula is C18H19NO2S. The number of nitrogens with one attached hydrogen (secondary N) is 1. The Morgan fingerprint density at radius 3 is 2.55 bits per heavy atom. The minimum absolute atomic E-state index is 0.120. The van der Waals surface area contributed by atoms with Crippen LogP contribution in [0.3, 0.4) is 0 Å². The van der Waals surface area contributed by atoms with Gasteiger partial charge in [0.15, 0.2) is 0 Å². The quantitative estimate of drug-likeness (QED) is 0.482. The Hall–Kier alpha value is -2.20. The predicted octanol–water partition coefficient (Wildman–Crippen LogP) is 3.62. The van der Waals surface area contributed by atoms with E-state index in [9.17, 15) is 4.79 Å². The fraction of sp³-hybridized carbons (Fsp3) is 0.167. The number of carbonyl (C=O) groups is 1. The van der Waals surface area contributed by atoms with Crippen molar-refractivity contribution < 1.29 is 9.53 Å². The molecule has 0 unspecified atom stereocenters. The van der Waals surface area contributed by atoms with Crippen LogP contribution in [0, 0.1) is 0 Å². The molecular weight excluding hydrogens is 294 g/mol. The third kappa shape index (κ3) is 5.66. The van der Waals surface area contributed by atoms with Gasteiger partial charge in [0.2, 0.25) is 5.91 Å². The molecule has 114 valence electrons. The van der Waals surface area contributed by atoms with Gasteiger partial charge in [-0.2, -0.15) is 0 Å². The van der Waals surface area contributed by atoms with Crippen molar-refractivity contribution in [2.45, 2.75) is 4.90 Å². The van der Waals surface area contributed by atoms with Crippen molar-refractivity contribution in [1.82, 2.24) is 5.32 Å². The van der Waals surface area contributed by atoms with E-state index in [4.69, 9.17) is 4.74 Å². The zero-order valence-corrected chi connectivity index (χ0v) is 13.3. The maximum absolute atomic E-state index is 11.7. The lowest BCUT2D eigenvalue weighted by atomic mass is 10.2. The Morgan fingerprint density at radius 2 is 1.86 bits per heavy atom. The standard InChI is InChI=1S/C18H19NO2S/c1-22-17-10-7-15(8-11-17)9-12-18(20)19-13-14-21-16-5-3-2-4-6-16/h2-12H,13-14H2,1H3,(H,19,20)/b12-9+. The molecule has 1 amide bonds. The number of carbonyl (C=O) groups excluding carboxylic acids is 1. The van der Waals surface area contributed by atoms with Gasteiger partial charge < -0.3 is 10.1 Å². The Kier molecular flexibility index (Phi) is 6.58. The van der Waals surface area contributed by atoms with Gasteiger partial charge in [-0.05, 0) is 42.2 Å². The van der Waals surface area contributed by atoms with E-state index >= 15 is 0 Å². The third-order valence-corrected chi connectivity index (χ3v) is 3.70. The number of para-hydroxylation sites is 1. The summed E-state index contributed by atoms with van der Waals surface area (Å²) in [7, 11) is 0. The van der Waals surface area contributed by atoms with Crippen LogP contribution in [0.25, 0.3) is 6.08 Å². The molecule has 0 heterocycles. The third-order valence-electron chi connectivity index (χ3n) is 2.96. The van der Waals surface area contributed by atoms with Crippen LogP contribution in [-0.4, -0.2) is 25.3 Å². The number of hydrogen-bond acceptors (Lipinski definition) is 3. The number of thioether (sulfide) groups is 1. The lowest BCUT2D eigenvalue weighted by molar-refractivity contribution is -0.116. The second kappa shape index (κ2) is 8.95. The molecule has 0 fully saturated rings. The van der Waals surface area contributed by atoms with E-state index in [1.807, 2.05) is 60.9 Å². The summed E-state index contributed by atoms with van der Waals surface area (Å²) in [6.07, 6.45) is 5.38. The number of amides is 1. The molecule has 0 bridgehead atoms. The summed E-state index contributed by atoms with van der Waals surface area (Å²) in [6.45, 7) is 0.926. The summed E-state index contributed by atoms with van der Waals surface area (Å²) >= 11 is 1.70. The summed E-state index contributed by atoms with van der Waals surface area (Å²) in [4.78, 5) is 12.9. The minimum Gasteiger partial charge on any atom is -0.492 e. The summed E-state index contributed by atoms with van der Waals surface area (Å²) in [5, 5.41) is 2.79. The summed E-state index contributed by atoms with van der Waals surface area (Å²) < 4.78 is 5.50. The van der Waals surface area contributed by atoms with E-state index in [0.29, 0.717) is 13.2 Å². The van der Waals surface area contributed by atoms with E-state index in [2.05, 4.69) is 5.32 Å². The van der Waals surface area contributed by atoms with E-state index in [-0.39, 0.29) is 5.91 Å². The summed E-state index contributed by atoms with van der Waals surface area (Å²) in [5.74, 6) is 0.687. The fourth-order valence-corrected chi connectivity index (χ4v) is 2.21. The highest BCUT2D eigenvalue weighted by molar-refractivity contribution is 7.98. The molecule has 2 aromatic rings. The molecule has 0 aliphatic heterocycles. The Bertz CT molecular complexity index is 609. The Balaban J connectivity index is 1.69. The van der Waals surface area contributed by atoms with Crippen LogP contribution in [0.4, 0.5) is 0 Å². The zero-order chi connectivity index (χ0) is 15.6. The molecule has 0 saturated carbocycles. The van der Waals surface area contributed by atoms with Crippen molar-refractivity contribution in [3.05, 3.63) is 66.2 Å². The fourth-order valence-electron chi connectivity index (χ4n) is 1.81. The molecule has 0 aliphatic carbocycles. The monoisotopic (exact) mass is 313 g/mol. The average molecular weight is 313 g/mol. The minimum atomic E-state index is -0.120. The van der Waals surface area contributed by atoms with Gasteiger partial charge in [-0.25, -0.2) is 0 Å². The van der Waals surface area contributed by atoms with Gasteiger partial charge >= 0.3 is 0 Å². The van der Waals surface area contributed by atoms with E-state index in [1.54, 1.807) is 17.8 Å². The van der Waals surface area contributed by atoms with E-state index < -0.39 is 0 Å². The molecule has 22 heavy (non-hydrogen) atoms. The van der Waals surface area contributed by atoms with Gasteiger partial charge in [-0.15, -0.1) is 11.8 Å². The Labute approximate surface area is 135 Å². The lowest BCUT2D eigenvalue weighted by Crippen LogP contribution is -2.26. The number of benzene rings is 2. The molecule has 1 N–H and O–H groups in total.